The lowest BCUT2D eigenvalue weighted by atomic mass is 9.79. The first kappa shape index (κ1) is 14.1. The zero-order valence-electron chi connectivity index (χ0n) is 12.5. The lowest BCUT2D eigenvalue weighted by Crippen LogP contribution is -2.36. The van der Waals surface area contributed by atoms with Crippen molar-refractivity contribution in [2.75, 3.05) is 10.6 Å². The van der Waals surface area contributed by atoms with E-state index in [1.807, 2.05) is 19.1 Å². The number of aryl methyl sites for hydroxylation is 1. The van der Waals surface area contributed by atoms with Gasteiger partial charge in [-0.2, -0.15) is 0 Å². The molecule has 1 aromatic rings. The van der Waals surface area contributed by atoms with E-state index >= 15 is 0 Å². The molecule has 1 aliphatic carbocycles. The fourth-order valence-electron chi connectivity index (χ4n) is 3.68. The van der Waals surface area contributed by atoms with Crippen LogP contribution in [0, 0.1) is 12.3 Å². The van der Waals surface area contributed by atoms with Crippen molar-refractivity contribution in [3.8, 4) is 0 Å². The fraction of sp³-hybridized carbons (Fsp3) is 0.529. The molecule has 0 radical (unpaired) electrons. The van der Waals surface area contributed by atoms with Crippen molar-refractivity contribution < 1.29 is 9.59 Å². The van der Waals surface area contributed by atoms with Crippen LogP contribution in [0.4, 0.5) is 11.4 Å². The molecule has 1 saturated heterocycles. The molecule has 1 aromatic carbocycles. The van der Waals surface area contributed by atoms with Crippen molar-refractivity contribution in [2.45, 2.75) is 51.9 Å². The summed E-state index contributed by atoms with van der Waals surface area (Å²) in [5, 5.41) is 0. The maximum atomic E-state index is 13.0. The minimum Gasteiger partial charge on any atom is -0.397 e. The van der Waals surface area contributed by atoms with Gasteiger partial charge in [-0.1, -0.05) is 31.7 Å². The van der Waals surface area contributed by atoms with Crippen LogP contribution in [0.5, 0.6) is 0 Å². The minimum absolute atomic E-state index is 0.0355. The van der Waals surface area contributed by atoms with E-state index < -0.39 is 5.41 Å². The first-order valence-electron chi connectivity index (χ1n) is 7.77. The molecule has 2 aliphatic rings. The topological polar surface area (TPSA) is 63.4 Å². The molecule has 0 unspecified atom stereocenters. The van der Waals surface area contributed by atoms with Crippen LogP contribution in [0.2, 0.25) is 0 Å². The zero-order chi connectivity index (χ0) is 15.0. The standard InChI is InChI=1S/C17H22N2O2/c1-12-6-7-13(18)14(10-12)19-15(20)11-17(16(19)21)8-4-2-3-5-9-17/h6-7,10H,2-5,8-9,11,18H2,1H3. The first-order chi connectivity index (χ1) is 10.0. The van der Waals surface area contributed by atoms with Gasteiger partial charge in [0.15, 0.2) is 0 Å². The summed E-state index contributed by atoms with van der Waals surface area (Å²) < 4.78 is 0. The highest BCUT2D eigenvalue weighted by atomic mass is 16.2. The Morgan fingerprint density at radius 3 is 2.43 bits per heavy atom. The Morgan fingerprint density at radius 2 is 1.76 bits per heavy atom. The molecule has 112 valence electrons. The van der Waals surface area contributed by atoms with E-state index in [2.05, 4.69) is 0 Å². The Bertz CT molecular complexity index is 586. The third kappa shape index (κ3) is 2.33. The Morgan fingerprint density at radius 1 is 1.10 bits per heavy atom. The second kappa shape index (κ2) is 5.17. The summed E-state index contributed by atoms with van der Waals surface area (Å²) in [5.41, 5.74) is 7.58. The molecule has 1 saturated carbocycles. The first-order valence-corrected chi connectivity index (χ1v) is 7.77. The van der Waals surface area contributed by atoms with Gasteiger partial charge in [0.25, 0.3) is 0 Å². The van der Waals surface area contributed by atoms with E-state index in [1.165, 1.54) is 4.90 Å². The monoisotopic (exact) mass is 286 g/mol. The van der Waals surface area contributed by atoms with E-state index in [9.17, 15) is 9.59 Å². The Kier molecular flexibility index (Phi) is 3.47. The van der Waals surface area contributed by atoms with Crippen molar-refractivity contribution in [3.63, 3.8) is 0 Å². The molecule has 2 fully saturated rings. The van der Waals surface area contributed by atoms with Crippen LogP contribution in [0.25, 0.3) is 0 Å². The van der Waals surface area contributed by atoms with Crippen molar-refractivity contribution >= 4 is 23.2 Å². The van der Waals surface area contributed by atoms with Crippen LogP contribution in [0.1, 0.15) is 50.5 Å². The SMILES string of the molecule is Cc1ccc(N)c(N2C(=O)CC3(CCCCCC3)C2=O)c1. The Hall–Kier alpha value is -1.84. The number of hydrogen-bond donors (Lipinski definition) is 1. The molecule has 4 nitrogen and oxygen atoms in total. The third-order valence-corrected chi connectivity index (χ3v) is 4.88. The van der Waals surface area contributed by atoms with Gasteiger partial charge in [-0.25, -0.2) is 4.90 Å². The number of nitrogens with zero attached hydrogens (tertiary/aromatic N) is 1. The summed E-state index contributed by atoms with van der Waals surface area (Å²) in [6.45, 7) is 1.94. The maximum Gasteiger partial charge on any atom is 0.240 e. The van der Waals surface area contributed by atoms with Crippen LogP contribution < -0.4 is 10.6 Å². The third-order valence-electron chi connectivity index (χ3n) is 4.88. The number of rotatable bonds is 1. The average Bonchev–Trinajstić information content (AvgIpc) is 2.61. The number of carbonyl (C=O) groups excluding carboxylic acids is 2. The molecular weight excluding hydrogens is 264 g/mol. The molecule has 3 rings (SSSR count). The molecule has 1 spiro atoms. The molecule has 0 bridgehead atoms. The van der Waals surface area contributed by atoms with E-state index in [0.29, 0.717) is 17.8 Å². The molecule has 0 aromatic heterocycles. The van der Waals surface area contributed by atoms with Crippen LogP contribution in [-0.4, -0.2) is 11.8 Å². The van der Waals surface area contributed by atoms with Gasteiger partial charge in [0.05, 0.1) is 16.8 Å². The van der Waals surface area contributed by atoms with E-state index in [0.717, 1.165) is 44.1 Å². The molecule has 2 N–H and O–H groups in total. The number of hydrogen-bond acceptors (Lipinski definition) is 3. The van der Waals surface area contributed by atoms with Gasteiger partial charge in [0, 0.05) is 6.42 Å². The summed E-state index contributed by atoms with van der Waals surface area (Å²) in [4.78, 5) is 26.8. The van der Waals surface area contributed by atoms with Gasteiger partial charge >= 0.3 is 0 Å². The number of nitrogen functional groups attached to an aromatic ring is 1. The van der Waals surface area contributed by atoms with Gasteiger partial charge in [-0.3, -0.25) is 9.59 Å². The highest BCUT2D eigenvalue weighted by Crippen LogP contribution is 2.46. The molecule has 1 heterocycles. The summed E-state index contributed by atoms with van der Waals surface area (Å²) in [6.07, 6.45) is 6.41. The summed E-state index contributed by atoms with van der Waals surface area (Å²) in [7, 11) is 0. The minimum atomic E-state index is -0.468. The van der Waals surface area contributed by atoms with Gasteiger partial charge in [-0.05, 0) is 37.5 Å². The van der Waals surface area contributed by atoms with Gasteiger partial charge in [-0.15, -0.1) is 0 Å². The highest BCUT2D eigenvalue weighted by Gasteiger charge is 2.51. The van der Waals surface area contributed by atoms with Crippen LogP contribution in [0.3, 0.4) is 0 Å². The molecule has 4 heteroatoms. The predicted octanol–water partition coefficient (Wildman–Crippen LogP) is 3.18. The smallest absolute Gasteiger partial charge is 0.240 e. The lowest BCUT2D eigenvalue weighted by molar-refractivity contribution is -0.126. The number of nitrogens with two attached hydrogens (primary N) is 1. The predicted molar refractivity (Wildman–Crippen MR) is 82.8 cm³/mol. The molecule has 2 amide bonds. The Balaban J connectivity index is 1.99. The lowest BCUT2D eigenvalue weighted by Gasteiger charge is -2.25. The van der Waals surface area contributed by atoms with E-state index in [4.69, 9.17) is 5.73 Å². The molecule has 21 heavy (non-hydrogen) atoms. The second-order valence-corrected chi connectivity index (χ2v) is 6.47. The Labute approximate surface area is 125 Å². The second-order valence-electron chi connectivity index (χ2n) is 6.47. The summed E-state index contributed by atoms with van der Waals surface area (Å²) in [6, 6.07) is 5.50. The average molecular weight is 286 g/mol. The summed E-state index contributed by atoms with van der Waals surface area (Å²) >= 11 is 0. The highest BCUT2D eigenvalue weighted by molar-refractivity contribution is 6.23. The quantitative estimate of drug-likeness (QED) is 0.637. The number of carbonyl (C=O) groups is 2. The number of amides is 2. The van der Waals surface area contributed by atoms with Crippen molar-refractivity contribution in [2.24, 2.45) is 5.41 Å². The van der Waals surface area contributed by atoms with Crippen molar-refractivity contribution in [1.29, 1.82) is 0 Å². The van der Waals surface area contributed by atoms with Gasteiger partial charge in [0.1, 0.15) is 0 Å². The van der Waals surface area contributed by atoms with Gasteiger partial charge in [0.2, 0.25) is 11.8 Å². The zero-order valence-corrected chi connectivity index (χ0v) is 12.5. The molecule has 0 atom stereocenters. The molecule has 1 aliphatic heterocycles. The van der Waals surface area contributed by atoms with Crippen molar-refractivity contribution in [3.05, 3.63) is 23.8 Å². The number of anilines is 2. The summed E-state index contributed by atoms with van der Waals surface area (Å²) in [5.74, 6) is -0.133. The molecular formula is C17H22N2O2. The van der Waals surface area contributed by atoms with Crippen LogP contribution >= 0.6 is 0 Å². The van der Waals surface area contributed by atoms with E-state index in [1.54, 1.807) is 6.07 Å². The number of imide groups is 1. The number of benzene rings is 1. The van der Waals surface area contributed by atoms with Crippen LogP contribution in [0.15, 0.2) is 18.2 Å². The van der Waals surface area contributed by atoms with Crippen molar-refractivity contribution in [1.82, 2.24) is 0 Å². The van der Waals surface area contributed by atoms with E-state index in [-0.39, 0.29) is 11.8 Å². The fourth-order valence-corrected chi connectivity index (χ4v) is 3.68. The largest absolute Gasteiger partial charge is 0.397 e. The van der Waals surface area contributed by atoms with Gasteiger partial charge < -0.3 is 5.73 Å². The van der Waals surface area contributed by atoms with Crippen LogP contribution in [-0.2, 0) is 9.59 Å². The maximum absolute atomic E-state index is 13.0. The normalized spacial score (nSPS) is 21.9.